The molecule has 0 bridgehead atoms. The van der Waals surface area contributed by atoms with E-state index in [0.29, 0.717) is 22.6 Å². The molecule has 2 heterocycles. The van der Waals surface area contributed by atoms with E-state index < -0.39 is 0 Å². The summed E-state index contributed by atoms with van der Waals surface area (Å²) in [7, 11) is 0. The number of nitrogens with zero attached hydrogens (tertiary/aromatic N) is 2. The van der Waals surface area contributed by atoms with Crippen LogP contribution in [0.5, 0.6) is 0 Å². The molecule has 4 nitrogen and oxygen atoms in total. The van der Waals surface area contributed by atoms with Gasteiger partial charge in [-0.25, -0.2) is 13.8 Å². The number of halogens is 2. The third-order valence-electron chi connectivity index (χ3n) is 4.88. The first-order valence-electron chi connectivity index (χ1n) is 9.15. The number of hydrogen-bond donors (Lipinski definition) is 2. The average molecular weight is 386 g/mol. The number of rotatable bonds is 3. The Morgan fingerprint density at radius 2 is 1.72 bits per heavy atom. The summed E-state index contributed by atoms with van der Waals surface area (Å²) in [6.07, 6.45) is 3.65. The van der Waals surface area contributed by atoms with Crippen molar-refractivity contribution in [2.45, 2.75) is 6.92 Å². The molecule has 0 atom stereocenters. The van der Waals surface area contributed by atoms with E-state index in [2.05, 4.69) is 20.2 Å². The van der Waals surface area contributed by atoms with Crippen LogP contribution in [-0.2, 0) is 0 Å². The lowest BCUT2D eigenvalue weighted by atomic mass is 10.1. The molecule has 2 aromatic heterocycles. The van der Waals surface area contributed by atoms with Gasteiger partial charge in [-0.2, -0.15) is 5.10 Å². The third-order valence-corrected chi connectivity index (χ3v) is 4.88. The van der Waals surface area contributed by atoms with Gasteiger partial charge >= 0.3 is 0 Å². The van der Waals surface area contributed by atoms with Crippen LogP contribution in [0.3, 0.4) is 0 Å². The van der Waals surface area contributed by atoms with Crippen molar-refractivity contribution in [3.63, 3.8) is 0 Å². The van der Waals surface area contributed by atoms with Gasteiger partial charge in [-0.05, 0) is 54.5 Å². The Balaban J connectivity index is 1.58. The smallest absolute Gasteiger partial charge is 0.141 e. The first kappa shape index (κ1) is 17.3. The zero-order valence-corrected chi connectivity index (χ0v) is 15.5. The highest BCUT2D eigenvalue weighted by molar-refractivity contribution is 5.93. The molecule has 0 unspecified atom stereocenters. The highest BCUT2D eigenvalue weighted by Gasteiger charge is 2.14. The minimum absolute atomic E-state index is 0.284. The van der Waals surface area contributed by atoms with Crippen LogP contribution in [0.1, 0.15) is 16.8 Å². The van der Waals surface area contributed by atoms with E-state index in [1.54, 1.807) is 18.2 Å². The first-order chi connectivity index (χ1) is 14.1. The minimum Gasteiger partial charge on any atom is -0.338 e. The third kappa shape index (κ3) is 3.18. The van der Waals surface area contributed by atoms with Gasteiger partial charge in [0.25, 0.3) is 0 Å². The van der Waals surface area contributed by atoms with Gasteiger partial charge in [0.2, 0.25) is 0 Å². The fourth-order valence-electron chi connectivity index (χ4n) is 3.37. The second kappa shape index (κ2) is 6.67. The van der Waals surface area contributed by atoms with E-state index in [9.17, 15) is 8.78 Å². The maximum atomic E-state index is 14.7. The lowest BCUT2D eigenvalue weighted by Gasteiger charge is -2.00. The highest BCUT2D eigenvalue weighted by Crippen LogP contribution is 2.29. The van der Waals surface area contributed by atoms with Crippen LogP contribution >= 0.6 is 0 Å². The maximum absolute atomic E-state index is 14.7. The van der Waals surface area contributed by atoms with Crippen molar-refractivity contribution in [2.24, 2.45) is 0 Å². The minimum atomic E-state index is -0.383. The average Bonchev–Trinajstić information content (AvgIpc) is 3.30. The summed E-state index contributed by atoms with van der Waals surface area (Å²) >= 11 is 0. The molecular formula is C23H16F2N4. The van der Waals surface area contributed by atoms with E-state index in [-0.39, 0.29) is 11.6 Å². The number of benzene rings is 3. The molecule has 5 aromatic rings. The van der Waals surface area contributed by atoms with Gasteiger partial charge in [0.05, 0.1) is 27.8 Å². The quantitative estimate of drug-likeness (QED) is 0.408. The van der Waals surface area contributed by atoms with Crippen molar-refractivity contribution in [1.29, 1.82) is 0 Å². The number of nitrogens with one attached hydrogen (secondary N) is 2. The fraction of sp³-hybridized carbons (Fsp3) is 0.0435. The Morgan fingerprint density at radius 1 is 0.897 bits per heavy atom. The zero-order chi connectivity index (χ0) is 20.0. The number of hydrogen-bond acceptors (Lipinski definition) is 2. The van der Waals surface area contributed by atoms with Crippen LogP contribution in [0.4, 0.5) is 8.78 Å². The second-order valence-corrected chi connectivity index (χ2v) is 6.98. The molecule has 0 spiro atoms. The lowest BCUT2D eigenvalue weighted by Crippen LogP contribution is -1.87. The molecule has 0 aliphatic rings. The monoisotopic (exact) mass is 386 g/mol. The normalized spacial score (nSPS) is 11.8. The second-order valence-electron chi connectivity index (χ2n) is 6.98. The molecule has 0 fully saturated rings. The Hall–Kier alpha value is -3.80. The molecule has 0 aliphatic heterocycles. The molecule has 29 heavy (non-hydrogen) atoms. The molecule has 142 valence electrons. The summed E-state index contributed by atoms with van der Waals surface area (Å²) in [6, 6.07) is 15.2. The Bertz CT molecular complexity index is 1380. The predicted octanol–water partition coefficient (Wildman–Crippen LogP) is 5.86. The van der Waals surface area contributed by atoms with Crippen molar-refractivity contribution < 1.29 is 8.78 Å². The van der Waals surface area contributed by atoms with Crippen molar-refractivity contribution in [1.82, 2.24) is 20.2 Å². The maximum Gasteiger partial charge on any atom is 0.141 e. The lowest BCUT2D eigenvalue weighted by molar-refractivity contribution is 0.627. The van der Waals surface area contributed by atoms with E-state index in [1.165, 1.54) is 18.2 Å². The molecule has 0 radical (unpaired) electrons. The van der Waals surface area contributed by atoms with Crippen LogP contribution in [0, 0.1) is 18.6 Å². The van der Waals surface area contributed by atoms with Gasteiger partial charge in [-0.15, -0.1) is 0 Å². The van der Waals surface area contributed by atoms with Crippen molar-refractivity contribution in [2.75, 3.05) is 0 Å². The van der Waals surface area contributed by atoms with Gasteiger partial charge in [-0.1, -0.05) is 24.3 Å². The van der Waals surface area contributed by atoms with E-state index in [4.69, 9.17) is 0 Å². The van der Waals surface area contributed by atoms with E-state index in [1.807, 2.05) is 37.3 Å². The number of imidazole rings is 1. The predicted molar refractivity (Wildman–Crippen MR) is 111 cm³/mol. The van der Waals surface area contributed by atoms with Crippen LogP contribution in [0.25, 0.3) is 45.5 Å². The molecule has 3 aromatic carbocycles. The molecule has 0 amide bonds. The van der Waals surface area contributed by atoms with E-state index in [0.717, 1.165) is 27.5 Å². The Kier molecular flexibility index (Phi) is 3.98. The van der Waals surface area contributed by atoms with Crippen LogP contribution in [-0.4, -0.2) is 20.2 Å². The van der Waals surface area contributed by atoms with Gasteiger partial charge in [-0.3, -0.25) is 5.10 Å². The largest absolute Gasteiger partial charge is 0.338 e. The number of aryl methyl sites for hydroxylation is 1. The molecule has 5 rings (SSSR count). The summed E-state index contributed by atoms with van der Waals surface area (Å²) in [5.41, 5.74) is 5.24. The molecule has 0 aliphatic carbocycles. The summed E-state index contributed by atoms with van der Waals surface area (Å²) in [6.45, 7) is 2.00. The molecule has 0 saturated carbocycles. The van der Waals surface area contributed by atoms with Gasteiger partial charge < -0.3 is 4.98 Å². The van der Waals surface area contributed by atoms with Crippen molar-refractivity contribution in [3.8, 4) is 11.4 Å². The zero-order valence-electron chi connectivity index (χ0n) is 15.5. The van der Waals surface area contributed by atoms with Crippen LogP contribution < -0.4 is 0 Å². The van der Waals surface area contributed by atoms with Crippen LogP contribution in [0.2, 0.25) is 0 Å². The summed E-state index contributed by atoms with van der Waals surface area (Å²) < 4.78 is 27.8. The summed E-state index contributed by atoms with van der Waals surface area (Å²) in [5, 5.41) is 7.90. The van der Waals surface area contributed by atoms with E-state index >= 15 is 0 Å². The van der Waals surface area contributed by atoms with Crippen LogP contribution in [0.15, 0.2) is 54.6 Å². The number of fused-ring (bicyclic) bond motifs is 2. The first-order valence-corrected chi connectivity index (χ1v) is 9.15. The highest BCUT2D eigenvalue weighted by atomic mass is 19.1. The standard InChI is InChI=1S/C23H16F2N4/c1-13-2-8-20-22(10-13)27-23(26-20)16-11-17-19(28-29-21(17)12-18(16)25)9-5-14-3-6-15(24)7-4-14/h2-12H,1H3,(H,26,27)(H,28,29)/b9-5+. The summed E-state index contributed by atoms with van der Waals surface area (Å²) in [4.78, 5) is 7.73. The molecule has 6 heteroatoms. The van der Waals surface area contributed by atoms with Crippen molar-refractivity contribution in [3.05, 3.63) is 83.1 Å². The number of aromatic nitrogens is 4. The number of H-pyrrole nitrogens is 2. The fourth-order valence-corrected chi connectivity index (χ4v) is 3.37. The molecule has 0 saturated heterocycles. The number of aromatic amines is 2. The summed E-state index contributed by atoms with van der Waals surface area (Å²) in [5.74, 6) is -0.195. The SMILES string of the molecule is Cc1ccc2nc(-c3cc4c(/C=C/c5ccc(F)cc5)n[nH]c4cc3F)[nH]c2c1. The Morgan fingerprint density at radius 3 is 2.55 bits per heavy atom. The van der Waals surface area contributed by atoms with Crippen molar-refractivity contribution >= 4 is 34.1 Å². The molecule has 2 N–H and O–H groups in total. The van der Waals surface area contributed by atoms with Gasteiger partial charge in [0.15, 0.2) is 0 Å². The Labute approximate surface area is 164 Å². The topological polar surface area (TPSA) is 57.4 Å². The van der Waals surface area contributed by atoms with Gasteiger partial charge in [0.1, 0.15) is 17.5 Å². The van der Waals surface area contributed by atoms with Gasteiger partial charge in [0, 0.05) is 11.5 Å². The molecular weight excluding hydrogens is 370 g/mol.